The third kappa shape index (κ3) is 3.12. The van der Waals surface area contributed by atoms with Gasteiger partial charge in [0.1, 0.15) is 0 Å². The number of hydrogen-bond acceptors (Lipinski definition) is 2. The van der Waals surface area contributed by atoms with Crippen LogP contribution in [0.25, 0.3) is 0 Å². The Labute approximate surface area is 91.8 Å². The summed E-state index contributed by atoms with van der Waals surface area (Å²) >= 11 is 3.32. The first kappa shape index (κ1) is 11.2. The summed E-state index contributed by atoms with van der Waals surface area (Å²) in [6, 6.07) is 7.34. The van der Waals surface area contributed by atoms with Crippen molar-refractivity contribution in [2.45, 2.75) is 6.42 Å². The molecule has 0 heterocycles. The summed E-state index contributed by atoms with van der Waals surface area (Å²) in [6.07, 6.45) is 0.802. The highest BCUT2D eigenvalue weighted by Gasteiger charge is 2.07. The molecule has 0 saturated carbocycles. The molecule has 0 aromatic heterocycles. The minimum absolute atomic E-state index is 0.0640. The van der Waals surface area contributed by atoms with E-state index in [9.17, 15) is 4.79 Å². The van der Waals surface area contributed by atoms with Crippen molar-refractivity contribution in [3.8, 4) is 0 Å². The number of rotatable bonds is 4. The van der Waals surface area contributed by atoms with E-state index >= 15 is 0 Å². The van der Waals surface area contributed by atoms with Crippen molar-refractivity contribution in [1.29, 1.82) is 0 Å². The van der Waals surface area contributed by atoms with Crippen LogP contribution < -0.4 is 11.1 Å². The standard InChI is InChI=1S/C10H13BrN2O/c11-9-5-2-1-4-8(9)10(14)13-7-3-6-12/h1-2,4-5H,3,6-7,12H2,(H,13,14). The van der Waals surface area contributed by atoms with Crippen molar-refractivity contribution in [2.75, 3.05) is 13.1 Å². The van der Waals surface area contributed by atoms with Gasteiger partial charge in [-0.2, -0.15) is 0 Å². The maximum absolute atomic E-state index is 11.6. The van der Waals surface area contributed by atoms with Gasteiger partial charge >= 0.3 is 0 Å². The van der Waals surface area contributed by atoms with Crippen LogP contribution >= 0.6 is 15.9 Å². The summed E-state index contributed by atoms with van der Waals surface area (Å²) in [4.78, 5) is 11.6. The molecule has 0 fully saturated rings. The molecule has 0 radical (unpaired) electrons. The number of nitrogens with two attached hydrogens (primary N) is 1. The molecule has 3 N–H and O–H groups in total. The van der Waals surface area contributed by atoms with Crippen LogP contribution in [0.3, 0.4) is 0 Å². The third-order valence-electron chi connectivity index (χ3n) is 1.78. The predicted molar refractivity (Wildman–Crippen MR) is 60.1 cm³/mol. The number of carbonyl (C=O) groups is 1. The van der Waals surface area contributed by atoms with Crippen molar-refractivity contribution in [3.05, 3.63) is 34.3 Å². The second kappa shape index (κ2) is 5.78. The zero-order valence-electron chi connectivity index (χ0n) is 7.79. The van der Waals surface area contributed by atoms with Crippen LogP contribution in [-0.2, 0) is 0 Å². The van der Waals surface area contributed by atoms with Crippen molar-refractivity contribution in [3.63, 3.8) is 0 Å². The number of benzene rings is 1. The van der Waals surface area contributed by atoms with Gasteiger partial charge in [-0.1, -0.05) is 12.1 Å². The van der Waals surface area contributed by atoms with Crippen molar-refractivity contribution < 1.29 is 4.79 Å². The van der Waals surface area contributed by atoms with Gasteiger partial charge in [0.15, 0.2) is 0 Å². The monoisotopic (exact) mass is 256 g/mol. The van der Waals surface area contributed by atoms with E-state index in [4.69, 9.17) is 5.73 Å². The van der Waals surface area contributed by atoms with Gasteiger partial charge in [-0.05, 0) is 41.0 Å². The molecule has 4 heteroatoms. The Hall–Kier alpha value is -0.870. The lowest BCUT2D eigenvalue weighted by Crippen LogP contribution is -2.26. The molecular formula is C10H13BrN2O. The highest BCUT2D eigenvalue weighted by Crippen LogP contribution is 2.15. The molecule has 76 valence electrons. The summed E-state index contributed by atoms with van der Waals surface area (Å²) in [5, 5.41) is 2.79. The molecule has 1 amide bonds. The zero-order chi connectivity index (χ0) is 10.4. The van der Waals surface area contributed by atoms with Gasteiger partial charge in [0, 0.05) is 11.0 Å². The van der Waals surface area contributed by atoms with Crippen molar-refractivity contribution in [2.24, 2.45) is 5.73 Å². The molecule has 1 aromatic carbocycles. The Morgan fingerprint density at radius 3 is 2.79 bits per heavy atom. The van der Waals surface area contributed by atoms with E-state index in [1.165, 1.54) is 0 Å². The van der Waals surface area contributed by atoms with Crippen LogP contribution in [0.4, 0.5) is 0 Å². The quantitative estimate of drug-likeness (QED) is 0.803. The first-order valence-corrected chi connectivity index (χ1v) is 5.28. The highest BCUT2D eigenvalue weighted by atomic mass is 79.9. The summed E-state index contributed by atoms with van der Waals surface area (Å²) in [7, 11) is 0. The predicted octanol–water partition coefficient (Wildman–Crippen LogP) is 1.53. The topological polar surface area (TPSA) is 55.1 Å². The second-order valence-corrected chi connectivity index (χ2v) is 3.73. The SMILES string of the molecule is NCCCNC(=O)c1ccccc1Br. The Morgan fingerprint density at radius 1 is 1.43 bits per heavy atom. The molecule has 0 bridgehead atoms. The van der Waals surface area contributed by atoms with E-state index in [1.54, 1.807) is 6.07 Å². The van der Waals surface area contributed by atoms with Crippen molar-refractivity contribution in [1.82, 2.24) is 5.32 Å². The first-order valence-electron chi connectivity index (χ1n) is 4.48. The largest absolute Gasteiger partial charge is 0.352 e. The smallest absolute Gasteiger partial charge is 0.252 e. The van der Waals surface area contributed by atoms with E-state index in [1.807, 2.05) is 18.2 Å². The molecule has 1 aromatic rings. The molecule has 1 rings (SSSR count). The summed E-state index contributed by atoms with van der Waals surface area (Å²) < 4.78 is 0.810. The van der Waals surface area contributed by atoms with E-state index < -0.39 is 0 Å². The average molecular weight is 257 g/mol. The lowest BCUT2D eigenvalue weighted by Gasteiger charge is -2.05. The van der Waals surface area contributed by atoms with Crippen LogP contribution in [-0.4, -0.2) is 19.0 Å². The summed E-state index contributed by atoms with van der Waals surface area (Å²) in [5.74, 6) is -0.0640. The van der Waals surface area contributed by atoms with Gasteiger partial charge in [-0.15, -0.1) is 0 Å². The second-order valence-electron chi connectivity index (χ2n) is 2.88. The fourth-order valence-electron chi connectivity index (χ4n) is 1.04. The van der Waals surface area contributed by atoms with Crippen molar-refractivity contribution >= 4 is 21.8 Å². The molecule has 14 heavy (non-hydrogen) atoms. The van der Waals surface area contributed by atoms with Gasteiger partial charge < -0.3 is 11.1 Å². The van der Waals surface area contributed by atoms with Crippen LogP contribution in [0.5, 0.6) is 0 Å². The Morgan fingerprint density at radius 2 is 2.14 bits per heavy atom. The number of hydrogen-bond donors (Lipinski definition) is 2. The molecule has 0 spiro atoms. The Bertz CT molecular complexity index is 315. The van der Waals surface area contributed by atoms with Crippen LogP contribution in [0.2, 0.25) is 0 Å². The normalized spacial score (nSPS) is 9.86. The third-order valence-corrected chi connectivity index (χ3v) is 2.48. The van der Waals surface area contributed by atoms with E-state index in [0.717, 1.165) is 10.9 Å². The first-order chi connectivity index (χ1) is 6.75. The van der Waals surface area contributed by atoms with Gasteiger partial charge in [-0.25, -0.2) is 0 Å². The highest BCUT2D eigenvalue weighted by molar-refractivity contribution is 9.10. The zero-order valence-corrected chi connectivity index (χ0v) is 9.38. The number of halogens is 1. The lowest BCUT2D eigenvalue weighted by molar-refractivity contribution is 0.0952. The number of amides is 1. The van der Waals surface area contributed by atoms with Crippen LogP contribution in [0, 0.1) is 0 Å². The Kier molecular flexibility index (Phi) is 4.62. The van der Waals surface area contributed by atoms with E-state index in [2.05, 4.69) is 21.2 Å². The van der Waals surface area contributed by atoms with Gasteiger partial charge in [-0.3, -0.25) is 4.79 Å². The van der Waals surface area contributed by atoms with Crippen LogP contribution in [0.15, 0.2) is 28.7 Å². The maximum atomic E-state index is 11.6. The summed E-state index contributed by atoms with van der Waals surface area (Å²) in [5.41, 5.74) is 5.98. The maximum Gasteiger partial charge on any atom is 0.252 e. The molecule has 0 aliphatic rings. The molecule has 3 nitrogen and oxygen atoms in total. The molecular weight excluding hydrogens is 244 g/mol. The fourth-order valence-corrected chi connectivity index (χ4v) is 1.51. The molecule has 0 unspecified atom stereocenters. The van der Waals surface area contributed by atoms with E-state index in [0.29, 0.717) is 18.7 Å². The molecule has 0 atom stereocenters. The van der Waals surface area contributed by atoms with Gasteiger partial charge in [0.2, 0.25) is 0 Å². The molecule has 0 aliphatic heterocycles. The fraction of sp³-hybridized carbons (Fsp3) is 0.300. The molecule has 0 aliphatic carbocycles. The number of nitrogens with one attached hydrogen (secondary N) is 1. The minimum Gasteiger partial charge on any atom is -0.352 e. The van der Waals surface area contributed by atoms with Crippen LogP contribution in [0.1, 0.15) is 16.8 Å². The average Bonchev–Trinajstić information content (AvgIpc) is 2.18. The number of carbonyl (C=O) groups excluding carboxylic acids is 1. The summed E-state index contributed by atoms with van der Waals surface area (Å²) in [6.45, 7) is 1.22. The van der Waals surface area contributed by atoms with Gasteiger partial charge in [0.25, 0.3) is 5.91 Å². The minimum atomic E-state index is -0.0640. The Balaban J connectivity index is 2.56. The lowest BCUT2D eigenvalue weighted by atomic mass is 10.2. The van der Waals surface area contributed by atoms with E-state index in [-0.39, 0.29) is 5.91 Å². The molecule has 0 saturated heterocycles. The van der Waals surface area contributed by atoms with Gasteiger partial charge in [0.05, 0.1) is 5.56 Å².